The van der Waals surface area contributed by atoms with E-state index in [4.69, 9.17) is 0 Å². The van der Waals surface area contributed by atoms with E-state index in [9.17, 15) is 22.8 Å². The molecule has 3 aromatic carbocycles. The van der Waals surface area contributed by atoms with Crippen molar-refractivity contribution in [1.29, 1.82) is 0 Å². The molecule has 0 saturated carbocycles. The maximum Gasteiger partial charge on any atom is 0.416 e. The molecule has 1 N–H and O–H groups in total. The van der Waals surface area contributed by atoms with Crippen LogP contribution in [0.5, 0.6) is 0 Å². The Balaban J connectivity index is 1.81. The van der Waals surface area contributed by atoms with E-state index < -0.39 is 23.6 Å². The highest BCUT2D eigenvalue weighted by Crippen LogP contribution is 2.36. The third-order valence-corrected chi connectivity index (χ3v) is 4.87. The van der Waals surface area contributed by atoms with Gasteiger partial charge in [0.1, 0.15) is 5.70 Å². The molecule has 7 heteroatoms. The average molecular weight is 422 g/mol. The molecule has 0 aromatic heterocycles. The SMILES string of the molecule is Cc1cccc(NC2=C(c3ccccc3)C(=O)N(c3cccc(C(F)(F)F)c3)C2=O)c1. The zero-order chi connectivity index (χ0) is 22.2. The van der Waals surface area contributed by atoms with Crippen molar-refractivity contribution in [3.05, 3.63) is 101 Å². The molecule has 4 nitrogen and oxygen atoms in total. The van der Waals surface area contributed by atoms with Crippen LogP contribution in [0.1, 0.15) is 16.7 Å². The molecule has 2 amide bonds. The topological polar surface area (TPSA) is 49.4 Å². The van der Waals surface area contributed by atoms with Gasteiger partial charge in [0.25, 0.3) is 11.8 Å². The van der Waals surface area contributed by atoms with E-state index in [0.717, 1.165) is 22.6 Å². The van der Waals surface area contributed by atoms with Gasteiger partial charge in [-0.15, -0.1) is 0 Å². The molecule has 0 unspecified atom stereocenters. The molecular weight excluding hydrogens is 405 g/mol. The number of imide groups is 1. The summed E-state index contributed by atoms with van der Waals surface area (Å²) in [5.41, 5.74) is 1.06. The van der Waals surface area contributed by atoms with Crippen LogP contribution in [0.4, 0.5) is 24.5 Å². The van der Waals surface area contributed by atoms with Crippen LogP contribution in [-0.4, -0.2) is 11.8 Å². The number of carbonyl (C=O) groups excluding carboxylic acids is 2. The molecular formula is C24H17F3N2O2. The lowest BCUT2D eigenvalue weighted by molar-refractivity contribution is -0.137. The molecule has 156 valence electrons. The minimum absolute atomic E-state index is 0.0132. The molecule has 0 fully saturated rings. The van der Waals surface area contributed by atoms with Crippen molar-refractivity contribution in [3.63, 3.8) is 0 Å². The minimum atomic E-state index is -4.60. The van der Waals surface area contributed by atoms with Crippen molar-refractivity contribution < 1.29 is 22.8 Å². The first-order valence-corrected chi connectivity index (χ1v) is 9.45. The van der Waals surface area contributed by atoms with Gasteiger partial charge in [-0.05, 0) is 48.4 Å². The second-order valence-corrected chi connectivity index (χ2v) is 7.10. The smallest absolute Gasteiger partial charge is 0.350 e. The maximum atomic E-state index is 13.3. The molecule has 1 aliphatic rings. The Morgan fingerprint density at radius 1 is 0.806 bits per heavy atom. The number of hydrogen-bond donors (Lipinski definition) is 1. The van der Waals surface area contributed by atoms with Crippen LogP contribution in [0.2, 0.25) is 0 Å². The number of aryl methyl sites for hydroxylation is 1. The molecule has 0 spiro atoms. The summed E-state index contributed by atoms with van der Waals surface area (Å²) in [6, 6.07) is 20.0. The van der Waals surface area contributed by atoms with E-state index in [1.54, 1.807) is 48.5 Å². The Morgan fingerprint density at radius 3 is 2.19 bits per heavy atom. The molecule has 0 radical (unpaired) electrons. The fraction of sp³-hybridized carbons (Fsp3) is 0.0833. The van der Waals surface area contributed by atoms with E-state index in [1.165, 1.54) is 12.1 Å². The summed E-state index contributed by atoms with van der Waals surface area (Å²) < 4.78 is 39.5. The van der Waals surface area contributed by atoms with Gasteiger partial charge < -0.3 is 5.32 Å². The second kappa shape index (κ2) is 7.75. The molecule has 31 heavy (non-hydrogen) atoms. The fourth-order valence-corrected chi connectivity index (χ4v) is 3.44. The monoisotopic (exact) mass is 422 g/mol. The lowest BCUT2D eigenvalue weighted by atomic mass is 10.0. The van der Waals surface area contributed by atoms with Crippen molar-refractivity contribution in [1.82, 2.24) is 0 Å². The fourth-order valence-electron chi connectivity index (χ4n) is 3.44. The van der Waals surface area contributed by atoms with E-state index in [-0.39, 0.29) is 17.0 Å². The number of halogens is 3. The number of carbonyl (C=O) groups is 2. The van der Waals surface area contributed by atoms with Crippen LogP contribution in [-0.2, 0) is 15.8 Å². The van der Waals surface area contributed by atoms with Crippen molar-refractivity contribution in [2.75, 3.05) is 10.2 Å². The van der Waals surface area contributed by atoms with Gasteiger partial charge in [-0.25, -0.2) is 4.90 Å². The second-order valence-electron chi connectivity index (χ2n) is 7.10. The Bertz CT molecular complexity index is 1200. The van der Waals surface area contributed by atoms with Gasteiger partial charge >= 0.3 is 6.18 Å². The molecule has 0 bridgehead atoms. The highest BCUT2D eigenvalue weighted by molar-refractivity contribution is 6.46. The Labute approximate surface area is 176 Å². The van der Waals surface area contributed by atoms with Crippen LogP contribution in [0.15, 0.2) is 84.6 Å². The van der Waals surface area contributed by atoms with Gasteiger partial charge in [0.15, 0.2) is 0 Å². The summed E-state index contributed by atoms with van der Waals surface area (Å²) >= 11 is 0. The standard InChI is InChI=1S/C24H17F3N2O2/c1-15-7-5-11-18(13-15)28-21-20(16-8-3-2-4-9-16)22(30)29(23(21)31)19-12-6-10-17(14-19)24(25,26)27/h2-14,28H,1H3. The van der Waals surface area contributed by atoms with Gasteiger partial charge in [-0.3, -0.25) is 9.59 Å². The number of hydrogen-bond acceptors (Lipinski definition) is 3. The van der Waals surface area contributed by atoms with Crippen LogP contribution in [0.3, 0.4) is 0 Å². The number of amides is 2. The summed E-state index contributed by atoms with van der Waals surface area (Å²) in [5.74, 6) is -1.41. The Hall–Kier alpha value is -3.87. The first kappa shape index (κ1) is 20.4. The van der Waals surface area contributed by atoms with E-state index >= 15 is 0 Å². The van der Waals surface area contributed by atoms with Crippen molar-refractivity contribution >= 4 is 28.8 Å². The van der Waals surface area contributed by atoms with Crippen LogP contribution < -0.4 is 10.2 Å². The normalized spacial score (nSPS) is 14.4. The zero-order valence-corrected chi connectivity index (χ0v) is 16.4. The predicted octanol–water partition coefficient (Wildman–Crippen LogP) is 5.41. The number of rotatable bonds is 4. The van der Waals surface area contributed by atoms with Crippen molar-refractivity contribution in [2.45, 2.75) is 13.1 Å². The minimum Gasteiger partial charge on any atom is -0.350 e. The third kappa shape index (κ3) is 3.94. The number of nitrogens with one attached hydrogen (secondary N) is 1. The first-order valence-electron chi connectivity index (χ1n) is 9.45. The largest absolute Gasteiger partial charge is 0.416 e. The van der Waals surface area contributed by atoms with Crippen molar-refractivity contribution in [2.24, 2.45) is 0 Å². The van der Waals surface area contributed by atoms with E-state index in [2.05, 4.69) is 5.32 Å². The van der Waals surface area contributed by atoms with Crippen LogP contribution >= 0.6 is 0 Å². The quantitative estimate of drug-likeness (QED) is 0.572. The maximum absolute atomic E-state index is 13.3. The molecule has 0 aliphatic carbocycles. The highest BCUT2D eigenvalue weighted by Gasteiger charge is 2.41. The summed E-state index contributed by atoms with van der Waals surface area (Å²) in [6.07, 6.45) is -4.60. The molecule has 1 heterocycles. The van der Waals surface area contributed by atoms with Gasteiger partial charge in [0.2, 0.25) is 0 Å². The summed E-state index contributed by atoms with van der Waals surface area (Å²) in [6.45, 7) is 1.88. The van der Waals surface area contributed by atoms with E-state index in [0.29, 0.717) is 11.3 Å². The number of alkyl halides is 3. The van der Waals surface area contributed by atoms with Crippen molar-refractivity contribution in [3.8, 4) is 0 Å². The summed E-state index contributed by atoms with van der Waals surface area (Å²) in [7, 11) is 0. The van der Waals surface area contributed by atoms with Crippen LogP contribution in [0.25, 0.3) is 5.57 Å². The van der Waals surface area contributed by atoms with Gasteiger partial charge in [0.05, 0.1) is 16.8 Å². The Kier molecular flexibility index (Phi) is 5.10. The Morgan fingerprint density at radius 2 is 1.52 bits per heavy atom. The summed E-state index contributed by atoms with van der Waals surface area (Å²) in [5, 5.41) is 3.00. The predicted molar refractivity (Wildman–Crippen MR) is 112 cm³/mol. The number of benzene rings is 3. The van der Waals surface area contributed by atoms with Gasteiger partial charge in [-0.1, -0.05) is 48.5 Å². The van der Waals surface area contributed by atoms with Crippen LogP contribution in [0, 0.1) is 6.92 Å². The van der Waals surface area contributed by atoms with Gasteiger partial charge in [0, 0.05) is 5.69 Å². The third-order valence-electron chi connectivity index (χ3n) is 4.87. The zero-order valence-electron chi connectivity index (χ0n) is 16.4. The number of anilines is 2. The highest BCUT2D eigenvalue weighted by atomic mass is 19.4. The van der Waals surface area contributed by atoms with Gasteiger partial charge in [-0.2, -0.15) is 13.2 Å². The first-order chi connectivity index (χ1) is 14.8. The molecule has 0 saturated heterocycles. The molecule has 3 aromatic rings. The lowest BCUT2D eigenvalue weighted by Crippen LogP contribution is -2.32. The van der Waals surface area contributed by atoms with E-state index in [1.807, 2.05) is 13.0 Å². The summed E-state index contributed by atoms with van der Waals surface area (Å²) in [4.78, 5) is 27.3. The lowest BCUT2D eigenvalue weighted by Gasteiger charge is -2.17. The molecule has 0 atom stereocenters. The molecule has 1 aliphatic heterocycles. The average Bonchev–Trinajstić information content (AvgIpc) is 2.98. The number of nitrogens with zero attached hydrogens (tertiary/aromatic N) is 1. The molecule has 4 rings (SSSR count).